The third-order valence-corrected chi connectivity index (χ3v) is 4.93. The Hall–Kier alpha value is -1.10. The molecular weight excluding hydrogens is 264 g/mol. The normalized spacial score (nSPS) is 30.0. The number of nitrogens with zero attached hydrogens (tertiary/aromatic N) is 1. The first kappa shape index (κ1) is 14.8. The summed E-state index contributed by atoms with van der Waals surface area (Å²) in [6.07, 6.45) is 3.64. The minimum atomic E-state index is 0.0928. The average Bonchev–Trinajstić information content (AvgIpc) is 2.55. The van der Waals surface area contributed by atoms with Crippen LogP contribution in [-0.4, -0.2) is 43.9 Å². The van der Waals surface area contributed by atoms with Gasteiger partial charge in [-0.1, -0.05) is 13.0 Å². The molecule has 1 aliphatic carbocycles. The molecule has 0 aromatic heterocycles. The van der Waals surface area contributed by atoms with Crippen LogP contribution in [-0.2, 0) is 11.2 Å². The van der Waals surface area contributed by atoms with Gasteiger partial charge >= 0.3 is 0 Å². The number of rotatable bonds is 3. The Labute approximate surface area is 127 Å². The molecule has 1 aromatic rings. The van der Waals surface area contributed by atoms with Crippen LogP contribution in [0.2, 0.25) is 0 Å². The monoisotopic (exact) mass is 290 g/mol. The van der Waals surface area contributed by atoms with E-state index in [1.165, 1.54) is 11.1 Å². The second kappa shape index (κ2) is 6.34. The van der Waals surface area contributed by atoms with Crippen LogP contribution in [0.3, 0.4) is 0 Å². The van der Waals surface area contributed by atoms with Gasteiger partial charge in [0.2, 0.25) is 0 Å². The van der Waals surface area contributed by atoms with Crippen LogP contribution in [0, 0.1) is 0 Å². The van der Waals surface area contributed by atoms with E-state index in [-0.39, 0.29) is 6.04 Å². The van der Waals surface area contributed by atoms with Gasteiger partial charge in [-0.3, -0.25) is 4.90 Å². The van der Waals surface area contributed by atoms with Crippen molar-refractivity contribution in [2.24, 2.45) is 5.73 Å². The molecule has 4 heteroatoms. The van der Waals surface area contributed by atoms with Crippen molar-refractivity contribution < 1.29 is 9.47 Å². The van der Waals surface area contributed by atoms with E-state index < -0.39 is 0 Å². The summed E-state index contributed by atoms with van der Waals surface area (Å²) >= 11 is 0. The van der Waals surface area contributed by atoms with Crippen LogP contribution < -0.4 is 10.5 Å². The van der Waals surface area contributed by atoms with Gasteiger partial charge < -0.3 is 15.2 Å². The first-order chi connectivity index (χ1) is 10.2. The maximum absolute atomic E-state index is 6.58. The minimum Gasteiger partial charge on any atom is -0.497 e. The van der Waals surface area contributed by atoms with Gasteiger partial charge in [0.15, 0.2) is 0 Å². The van der Waals surface area contributed by atoms with Gasteiger partial charge in [0.1, 0.15) is 5.75 Å². The minimum absolute atomic E-state index is 0.0928. The van der Waals surface area contributed by atoms with Crippen molar-refractivity contribution in [3.05, 3.63) is 29.3 Å². The van der Waals surface area contributed by atoms with Crippen LogP contribution >= 0.6 is 0 Å². The Morgan fingerprint density at radius 3 is 3.05 bits per heavy atom. The lowest BCUT2D eigenvalue weighted by Crippen LogP contribution is -2.52. The van der Waals surface area contributed by atoms with Gasteiger partial charge in [0.25, 0.3) is 0 Å². The lowest BCUT2D eigenvalue weighted by molar-refractivity contribution is -0.0500. The highest BCUT2D eigenvalue weighted by molar-refractivity contribution is 5.40. The van der Waals surface area contributed by atoms with E-state index in [0.717, 1.165) is 44.7 Å². The summed E-state index contributed by atoms with van der Waals surface area (Å²) < 4.78 is 11.1. The highest BCUT2D eigenvalue weighted by atomic mass is 16.5. The van der Waals surface area contributed by atoms with Gasteiger partial charge in [0, 0.05) is 25.2 Å². The van der Waals surface area contributed by atoms with Gasteiger partial charge in [-0.25, -0.2) is 0 Å². The van der Waals surface area contributed by atoms with Gasteiger partial charge in [-0.15, -0.1) is 0 Å². The van der Waals surface area contributed by atoms with E-state index in [1.807, 2.05) is 6.07 Å². The fourth-order valence-electron chi connectivity index (χ4n) is 3.64. The van der Waals surface area contributed by atoms with Crippen molar-refractivity contribution in [2.75, 3.05) is 26.8 Å². The molecule has 1 saturated heterocycles. The molecule has 1 heterocycles. The lowest BCUT2D eigenvalue weighted by Gasteiger charge is -2.43. The van der Waals surface area contributed by atoms with Crippen molar-refractivity contribution in [1.29, 1.82) is 0 Å². The number of fused-ring (bicyclic) bond motifs is 1. The fourth-order valence-corrected chi connectivity index (χ4v) is 3.64. The Morgan fingerprint density at radius 2 is 2.29 bits per heavy atom. The quantitative estimate of drug-likeness (QED) is 0.926. The summed E-state index contributed by atoms with van der Waals surface area (Å²) in [6.45, 7) is 5.04. The summed E-state index contributed by atoms with van der Waals surface area (Å²) in [7, 11) is 1.71. The number of hydrogen-bond donors (Lipinski definition) is 1. The van der Waals surface area contributed by atoms with Crippen LogP contribution in [0.15, 0.2) is 18.2 Å². The summed E-state index contributed by atoms with van der Waals surface area (Å²) in [5.74, 6) is 0.928. The van der Waals surface area contributed by atoms with Crippen molar-refractivity contribution in [3.8, 4) is 5.75 Å². The van der Waals surface area contributed by atoms with Gasteiger partial charge in [-0.05, 0) is 42.5 Å². The van der Waals surface area contributed by atoms with E-state index in [4.69, 9.17) is 15.2 Å². The van der Waals surface area contributed by atoms with E-state index in [2.05, 4.69) is 24.0 Å². The highest BCUT2D eigenvalue weighted by Crippen LogP contribution is 2.34. The van der Waals surface area contributed by atoms with Crippen molar-refractivity contribution in [1.82, 2.24) is 4.90 Å². The zero-order chi connectivity index (χ0) is 14.8. The van der Waals surface area contributed by atoms with E-state index in [0.29, 0.717) is 12.1 Å². The topological polar surface area (TPSA) is 47.7 Å². The van der Waals surface area contributed by atoms with Crippen LogP contribution in [0.25, 0.3) is 0 Å². The summed E-state index contributed by atoms with van der Waals surface area (Å²) in [6, 6.07) is 6.83. The molecule has 0 saturated carbocycles. The Kier molecular flexibility index (Phi) is 4.48. The first-order valence-corrected chi connectivity index (χ1v) is 8.01. The second-order valence-electron chi connectivity index (χ2n) is 6.09. The summed E-state index contributed by atoms with van der Waals surface area (Å²) in [5, 5.41) is 0. The van der Waals surface area contributed by atoms with Gasteiger partial charge in [0.05, 0.1) is 19.8 Å². The largest absolute Gasteiger partial charge is 0.497 e. The molecule has 3 unspecified atom stereocenters. The highest BCUT2D eigenvalue weighted by Gasteiger charge is 2.33. The Morgan fingerprint density at radius 1 is 1.43 bits per heavy atom. The SMILES string of the molecule is CCC1CN(C2CCc3cc(OC)ccc3C2N)CCO1. The molecule has 0 radical (unpaired) electrons. The number of hydrogen-bond acceptors (Lipinski definition) is 4. The van der Waals surface area contributed by atoms with Crippen molar-refractivity contribution >= 4 is 0 Å². The molecule has 116 valence electrons. The Balaban J connectivity index is 1.77. The molecule has 21 heavy (non-hydrogen) atoms. The molecule has 0 spiro atoms. The van der Waals surface area contributed by atoms with Crippen LogP contribution in [0.1, 0.15) is 36.9 Å². The maximum Gasteiger partial charge on any atom is 0.119 e. The van der Waals surface area contributed by atoms with Crippen molar-refractivity contribution in [3.63, 3.8) is 0 Å². The molecule has 0 amide bonds. The predicted octanol–water partition coefficient (Wildman–Crippen LogP) is 2.12. The number of morpholine rings is 1. The van der Waals surface area contributed by atoms with Crippen molar-refractivity contribution in [2.45, 2.75) is 44.4 Å². The lowest BCUT2D eigenvalue weighted by atomic mass is 9.83. The molecule has 4 nitrogen and oxygen atoms in total. The third kappa shape index (κ3) is 2.93. The van der Waals surface area contributed by atoms with E-state index in [9.17, 15) is 0 Å². The average molecular weight is 290 g/mol. The molecule has 1 fully saturated rings. The number of benzene rings is 1. The molecule has 1 aliphatic heterocycles. The number of nitrogens with two attached hydrogens (primary N) is 1. The zero-order valence-corrected chi connectivity index (χ0v) is 13.0. The predicted molar refractivity (Wildman–Crippen MR) is 83.6 cm³/mol. The summed E-state index contributed by atoms with van der Waals surface area (Å²) in [4.78, 5) is 2.54. The maximum atomic E-state index is 6.58. The number of methoxy groups -OCH3 is 1. The van der Waals surface area contributed by atoms with Crippen LogP contribution in [0.5, 0.6) is 5.75 Å². The molecular formula is C17H26N2O2. The molecule has 3 rings (SSSR count). The zero-order valence-electron chi connectivity index (χ0n) is 13.0. The Bertz CT molecular complexity index is 492. The number of aryl methyl sites for hydroxylation is 1. The molecule has 2 aliphatic rings. The van der Waals surface area contributed by atoms with Gasteiger partial charge in [-0.2, -0.15) is 0 Å². The fraction of sp³-hybridized carbons (Fsp3) is 0.647. The van der Waals surface area contributed by atoms with E-state index >= 15 is 0 Å². The third-order valence-electron chi connectivity index (χ3n) is 4.93. The van der Waals surface area contributed by atoms with Crippen LogP contribution in [0.4, 0.5) is 0 Å². The molecule has 1 aromatic carbocycles. The molecule has 2 N–H and O–H groups in total. The number of ether oxygens (including phenoxy) is 2. The smallest absolute Gasteiger partial charge is 0.119 e. The van der Waals surface area contributed by atoms with E-state index in [1.54, 1.807) is 7.11 Å². The standard InChI is InChI=1S/C17H26N2O2/c1-3-13-11-19(8-9-21-13)16-7-4-12-10-14(20-2)5-6-15(12)17(16)18/h5-6,10,13,16-17H,3-4,7-9,11,18H2,1-2H3. The molecule has 0 bridgehead atoms. The molecule has 3 atom stereocenters. The summed E-state index contributed by atoms with van der Waals surface area (Å²) in [5.41, 5.74) is 9.21. The first-order valence-electron chi connectivity index (χ1n) is 8.01. The second-order valence-corrected chi connectivity index (χ2v) is 6.09.